The molecule has 0 amide bonds. The molecule has 0 saturated carbocycles. The van der Waals surface area contributed by atoms with E-state index in [4.69, 9.17) is 4.74 Å². The quantitative estimate of drug-likeness (QED) is 0.573. The van der Waals surface area contributed by atoms with Crippen molar-refractivity contribution >= 4 is 5.97 Å². The molecule has 0 aliphatic heterocycles. The topological polar surface area (TPSA) is 56.1 Å². The molecule has 0 saturated heterocycles. The molecular weight excluding hydrogens is 218 g/mol. The molecule has 1 aromatic heterocycles. The first-order chi connectivity index (χ1) is 8.13. The van der Waals surface area contributed by atoms with Gasteiger partial charge in [-0.15, -0.1) is 0 Å². The van der Waals surface area contributed by atoms with Gasteiger partial charge >= 0.3 is 5.97 Å². The van der Waals surface area contributed by atoms with Gasteiger partial charge in [0.05, 0.1) is 18.8 Å². The number of nitrogens with zero attached hydrogens (tertiary/aromatic N) is 2. The van der Waals surface area contributed by atoms with Gasteiger partial charge in [0.15, 0.2) is 0 Å². The molecule has 0 radical (unpaired) electrons. The smallest absolute Gasteiger partial charge is 0.319 e. The van der Waals surface area contributed by atoms with Crippen LogP contribution in [0.3, 0.4) is 0 Å². The summed E-state index contributed by atoms with van der Waals surface area (Å²) < 4.78 is 6.80. The van der Waals surface area contributed by atoms with E-state index in [1.807, 2.05) is 20.2 Å². The monoisotopic (exact) mass is 239 g/mol. The zero-order valence-electron chi connectivity index (χ0n) is 10.8. The maximum Gasteiger partial charge on any atom is 0.319 e. The lowest BCUT2D eigenvalue weighted by Gasteiger charge is -2.05. The fourth-order valence-electron chi connectivity index (χ4n) is 1.50. The van der Waals surface area contributed by atoms with Crippen LogP contribution in [-0.4, -0.2) is 28.9 Å². The van der Waals surface area contributed by atoms with Crippen LogP contribution in [-0.2, 0) is 23.1 Å². The number of aromatic nitrogens is 2. The number of hydrogen-bond acceptors (Lipinski definition) is 4. The van der Waals surface area contributed by atoms with Crippen LogP contribution in [0.5, 0.6) is 0 Å². The molecule has 0 aromatic carbocycles. The average Bonchev–Trinajstić information content (AvgIpc) is 2.58. The first-order valence-corrected chi connectivity index (χ1v) is 5.99. The van der Waals surface area contributed by atoms with Gasteiger partial charge in [-0.05, 0) is 13.3 Å². The number of esters is 1. The molecule has 17 heavy (non-hydrogen) atoms. The second kappa shape index (κ2) is 7.06. The van der Waals surface area contributed by atoms with Crippen LogP contribution in [0.1, 0.15) is 31.0 Å². The van der Waals surface area contributed by atoms with Gasteiger partial charge < -0.3 is 10.1 Å². The Morgan fingerprint density at radius 3 is 2.94 bits per heavy atom. The maximum atomic E-state index is 11.3. The van der Waals surface area contributed by atoms with Gasteiger partial charge in [-0.25, -0.2) is 0 Å². The van der Waals surface area contributed by atoms with E-state index in [2.05, 4.69) is 17.3 Å². The predicted octanol–water partition coefficient (Wildman–Crippen LogP) is 1.16. The molecule has 0 aliphatic carbocycles. The van der Waals surface area contributed by atoms with E-state index in [9.17, 15) is 4.79 Å². The molecule has 0 unspecified atom stereocenters. The summed E-state index contributed by atoms with van der Waals surface area (Å²) in [5.41, 5.74) is 2.09. The lowest BCUT2D eigenvalue weighted by molar-refractivity contribution is -0.142. The van der Waals surface area contributed by atoms with Crippen LogP contribution in [0.15, 0.2) is 6.20 Å². The lowest BCUT2D eigenvalue weighted by atomic mass is 10.2. The second-order valence-electron chi connectivity index (χ2n) is 4.09. The van der Waals surface area contributed by atoms with Crippen molar-refractivity contribution in [3.8, 4) is 0 Å². The summed E-state index contributed by atoms with van der Waals surface area (Å²) in [6.45, 7) is 5.43. The summed E-state index contributed by atoms with van der Waals surface area (Å²) in [7, 11) is 1.88. The van der Waals surface area contributed by atoms with Gasteiger partial charge in [-0.3, -0.25) is 9.48 Å². The highest BCUT2D eigenvalue weighted by Crippen LogP contribution is 2.03. The number of hydrogen-bond donors (Lipinski definition) is 1. The molecule has 0 fully saturated rings. The van der Waals surface area contributed by atoms with Gasteiger partial charge in [0, 0.05) is 25.4 Å². The van der Waals surface area contributed by atoms with Crippen LogP contribution >= 0.6 is 0 Å². The Kier molecular flexibility index (Phi) is 5.69. The Morgan fingerprint density at radius 2 is 2.35 bits per heavy atom. The zero-order chi connectivity index (χ0) is 12.7. The minimum Gasteiger partial charge on any atom is -0.465 e. The van der Waals surface area contributed by atoms with Crippen molar-refractivity contribution in [3.05, 3.63) is 17.5 Å². The maximum absolute atomic E-state index is 11.3. The molecule has 1 rings (SSSR count). The molecule has 0 spiro atoms. The van der Waals surface area contributed by atoms with Crippen LogP contribution in [0, 0.1) is 6.92 Å². The van der Waals surface area contributed by atoms with E-state index in [0.717, 1.165) is 24.1 Å². The first kappa shape index (κ1) is 13.7. The largest absolute Gasteiger partial charge is 0.465 e. The fourth-order valence-corrected chi connectivity index (χ4v) is 1.50. The SMILES string of the molecule is CCCCOC(=O)CNCc1cn(C)nc1C. The Morgan fingerprint density at radius 1 is 1.59 bits per heavy atom. The van der Waals surface area contributed by atoms with E-state index in [0.29, 0.717) is 13.2 Å². The van der Waals surface area contributed by atoms with Crippen LogP contribution in [0.25, 0.3) is 0 Å². The van der Waals surface area contributed by atoms with Crippen molar-refractivity contribution in [2.45, 2.75) is 33.2 Å². The summed E-state index contributed by atoms with van der Waals surface area (Å²) in [6, 6.07) is 0. The standard InChI is InChI=1S/C12H21N3O2/c1-4-5-6-17-12(16)8-13-7-11-9-15(3)14-10(11)2/h9,13H,4-8H2,1-3H3. The Bertz CT molecular complexity index is 361. The number of carbonyl (C=O) groups is 1. The molecule has 1 N–H and O–H groups in total. The third kappa shape index (κ3) is 4.99. The highest BCUT2D eigenvalue weighted by Gasteiger charge is 2.05. The molecule has 1 aromatic rings. The highest BCUT2D eigenvalue weighted by atomic mass is 16.5. The minimum absolute atomic E-state index is 0.194. The summed E-state index contributed by atoms with van der Waals surface area (Å²) in [4.78, 5) is 11.3. The van der Waals surface area contributed by atoms with Crippen molar-refractivity contribution in [2.75, 3.05) is 13.2 Å². The Labute approximate surface area is 102 Å². The predicted molar refractivity (Wildman–Crippen MR) is 65.5 cm³/mol. The fraction of sp³-hybridized carbons (Fsp3) is 0.667. The van der Waals surface area contributed by atoms with Crippen molar-refractivity contribution in [1.29, 1.82) is 0 Å². The van der Waals surface area contributed by atoms with Gasteiger partial charge in [0.2, 0.25) is 0 Å². The van der Waals surface area contributed by atoms with Crippen molar-refractivity contribution < 1.29 is 9.53 Å². The molecule has 0 atom stereocenters. The summed E-state index contributed by atoms with van der Waals surface area (Å²) in [6.07, 6.45) is 3.91. The summed E-state index contributed by atoms with van der Waals surface area (Å²) >= 11 is 0. The van der Waals surface area contributed by atoms with Crippen molar-refractivity contribution in [1.82, 2.24) is 15.1 Å². The number of rotatable bonds is 7. The molecule has 5 heteroatoms. The van der Waals surface area contributed by atoms with E-state index in [1.54, 1.807) is 4.68 Å². The Balaban J connectivity index is 2.19. The molecule has 96 valence electrons. The van der Waals surface area contributed by atoms with Gasteiger partial charge in [0.1, 0.15) is 0 Å². The third-order valence-corrected chi connectivity index (χ3v) is 2.46. The van der Waals surface area contributed by atoms with Crippen molar-refractivity contribution in [2.24, 2.45) is 7.05 Å². The number of nitrogens with one attached hydrogen (secondary N) is 1. The van der Waals surface area contributed by atoms with Crippen LogP contribution in [0.2, 0.25) is 0 Å². The lowest BCUT2D eigenvalue weighted by Crippen LogP contribution is -2.24. The van der Waals surface area contributed by atoms with Crippen LogP contribution < -0.4 is 5.32 Å². The van der Waals surface area contributed by atoms with Crippen LogP contribution in [0.4, 0.5) is 0 Å². The molecule has 0 bridgehead atoms. The number of ether oxygens (including phenoxy) is 1. The molecular formula is C12H21N3O2. The van der Waals surface area contributed by atoms with E-state index in [-0.39, 0.29) is 12.5 Å². The molecule has 0 aliphatic rings. The van der Waals surface area contributed by atoms with Gasteiger partial charge in [0.25, 0.3) is 0 Å². The molecule has 1 heterocycles. The van der Waals surface area contributed by atoms with Gasteiger partial charge in [-0.2, -0.15) is 5.10 Å². The zero-order valence-corrected chi connectivity index (χ0v) is 10.8. The number of carbonyl (C=O) groups excluding carboxylic acids is 1. The summed E-state index contributed by atoms with van der Waals surface area (Å²) in [5, 5.41) is 7.28. The molecule has 5 nitrogen and oxygen atoms in total. The highest BCUT2D eigenvalue weighted by molar-refractivity contribution is 5.71. The van der Waals surface area contributed by atoms with E-state index in [1.165, 1.54) is 0 Å². The third-order valence-electron chi connectivity index (χ3n) is 2.46. The normalized spacial score (nSPS) is 10.5. The number of unbranched alkanes of at least 4 members (excludes halogenated alkanes) is 1. The number of aryl methyl sites for hydroxylation is 2. The Hall–Kier alpha value is -1.36. The van der Waals surface area contributed by atoms with Gasteiger partial charge in [-0.1, -0.05) is 13.3 Å². The van der Waals surface area contributed by atoms with E-state index < -0.39 is 0 Å². The second-order valence-corrected chi connectivity index (χ2v) is 4.09. The van der Waals surface area contributed by atoms with E-state index >= 15 is 0 Å². The first-order valence-electron chi connectivity index (χ1n) is 5.99. The minimum atomic E-state index is -0.194. The van der Waals surface area contributed by atoms with Crippen molar-refractivity contribution in [3.63, 3.8) is 0 Å². The summed E-state index contributed by atoms with van der Waals surface area (Å²) in [5.74, 6) is -0.194. The average molecular weight is 239 g/mol.